The molecule has 0 N–H and O–H groups in total. The summed E-state index contributed by atoms with van der Waals surface area (Å²) >= 11 is 0. The fourth-order valence-electron chi connectivity index (χ4n) is 4.11. The smallest absolute Gasteiger partial charge is 0.0444 e. The average molecular weight is 304 g/mol. The molecular weight excluding hydrogens is 280 g/mol. The van der Waals surface area contributed by atoms with Crippen LogP contribution < -0.4 is 0 Å². The maximum Gasteiger partial charge on any atom is 0.0444 e. The van der Waals surface area contributed by atoms with Crippen LogP contribution in [0.1, 0.15) is 36.9 Å². The third-order valence-electron chi connectivity index (χ3n) is 5.20. The van der Waals surface area contributed by atoms with E-state index in [1.165, 1.54) is 36.9 Å². The number of hydrogen-bond donors (Lipinski definition) is 0. The Morgan fingerprint density at radius 1 is 1.00 bits per heavy atom. The van der Waals surface area contributed by atoms with E-state index >= 15 is 0 Å². The Kier molecular flexibility index (Phi) is 4.25. The highest BCUT2D eigenvalue weighted by molar-refractivity contribution is 5.23. The average Bonchev–Trinajstić information content (AvgIpc) is 2.57. The predicted octanol–water partition coefficient (Wildman–Crippen LogP) is 4.38. The second-order valence-corrected chi connectivity index (χ2v) is 6.84. The molecule has 1 saturated heterocycles. The van der Waals surface area contributed by atoms with E-state index in [2.05, 4.69) is 58.4 Å². The Morgan fingerprint density at radius 2 is 1.87 bits per heavy atom. The Morgan fingerprint density at radius 3 is 2.65 bits per heavy atom. The van der Waals surface area contributed by atoms with Crippen LogP contribution in [0.5, 0.6) is 0 Å². The van der Waals surface area contributed by atoms with Gasteiger partial charge in [-0.05, 0) is 37.0 Å². The van der Waals surface area contributed by atoms with Gasteiger partial charge in [-0.2, -0.15) is 0 Å². The summed E-state index contributed by atoms with van der Waals surface area (Å²) in [6.45, 7) is 1.09. The first kappa shape index (κ1) is 14.6. The molecule has 0 radical (unpaired) electrons. The summed E-state index contributed by atoms with van der Waals surface area (Å²) in [4.78, 5) is 7.22. The minimum atomic E-state index is 0.612. The molecule has 0 amide bonds. The molecule has 4 rings (SSSR count). The summed E-state index contributed by atoms with van der Waals surface area (Å²) in [7, 11) is 0. The summed E-state index contributed by atoms with van der Waals surface area (Å²) < 4.78 is 0. The Balaban J connectivity index is 1.51. The number of rotatable bonds is 4. The van der Waals surface area contributed by atoms with E-state index < -0.39 is 0 Å². The van der Waals surface area contributed by atoms with Crippen molar-refractivity contribution in [1.29, 1.82) is 0 Å². The minimum Gasteiger partial charge on any atom is -0.289 e. The molecule has 1 fully saturated rings. The zero-order valence-electron chi connectivity index (χ0n) is 13.6. The molecule has 1 aromatic carbocycles. The van der Waals surface area contributed by atoms with Crippen LogP contribution in [-0.4, -0.2) is 22.0 Å². The van der Waals surface area contributed by atoms with Gasteiger partial charge in [0.2, 0.25) is 0 Å². The van der Waals surface area contributed by atoms with Crippen molar-refractivity contribution in [2.75, 3.05) is 0 Å². The van der Waals surface area contributed by atoms with E-state index in [4.69, 9.17) is 0 Å². The molecule has 3 heterocycles. The zero-order valence-corrected chi connectivity index (χ0v) is 13.6. The monoisotopic (exact) mass is 304 g/mol. The number of hydrogen-bond acceptors (Lipinski definition) is 2. The highest BCUT2D eigenvalue weighted by Gasteiger charge is 2.33. The van der Waals surface area contributed by atoms with Crippen molar-refractivity contribution >= 4 is 0 Å². The summed E-state index contributed by atoms with van der Waals surface area (Å²) in [5, 5.41) is 0. The van der Waals surface area contributed by atoms with Gasteiger partial charge in [0, 0.05) is 36.9 Å². The summed E-state index contributed by atoms with van der Waals surface area (Å²) in [6, 6.07) is 18.5. The summed E-state index contributed by atoms with van der Waals surface area (Å²) in [5.41, 5.74) is 4.22. The van der Waals surface area contributed by atoms with Crippen molar-refractivity contribution in [3.8, 4) is 0 Å². The minimum absolute atomic E-state index is 0.612. The van der Waals surface area contributed by atoms with Crippen LogP contribution in [0.15, 0.2) is 66.4 Å². The second kappa shape index (κ2) is 6.67. The van der Waals surface area contributed by atoms with E-state index in [9.17, 15) is 0 Å². The van der Waals surface area contributed by atoms with E-state index in [0.29, 0.717) is 12.1 Å². The molecule has 2 bridgehead atoms. The fraction of sp³-hybridized carbons (Fsp3) is 0.381. The summed E-state index contributed by atoms with van der Waals surface area (Å²) in [6.07, 6.45) is 10.7. The lowest BCUT2D eigenvalue weighted by Gasteiger charge is -2.45. The normalized spacial score (nSPS) is 24.3. The van der Waals surface area contributed by atoms with Crippen LogP contribution >= 0.6 is 0 Å². The number of nitrogens with zero attached hydrogens (tertiary/aromatic N) is 2. The highest BCUT2D eigenvalue weighted by atomic mass is 15.2. The van der Waals surface area contributed by atoms with E-state index in [1.807, 2.05) is 12.3 Å². The van der Waals surface area contributed by atoms with Gasteiger partial charge in [-0.25, -0.2) is 0 Å². The predicted molar refractivity (Wildman–Crippen MR) is 94.1 cm³/mol. The van der Waals surface area contributed by atoms with Crippen molar-refractivity contribution < 1.29 is 0 Å². The van der Waals surface area contributed by atoms with Crippen LogP contribution in [0.2, 0.25) is 0 Å². The molecule has 2 aliphatic rings. The van der Waals surface area contributed by atoms with Gasteiger partial charge in [-0.1, -0.05) is 54.5 Å². The van der Waals surface area contributed by atoms with Gasteiger partial charge in [0.05, 0.1) is 0 Å². The lowest BCUT2D eigenvalue weighted by molar-refractivity contribution is 0.0880. The number of aromatic nitrogens is 1. The summed E-state index contributed by atoms with van der Waals surface area (Å²) in [5.74, 6) is 0. The van der Waals surface area contributed by atoms with E-state index in [1.54, 1.807) is 5.57 Å². The quantitative estimate of drug-likeness (QED) is 0.779. The standard InChI is InChI=1S/C21H24N2/c1-2-7-17(8-3-1)16-23-20-10-6-11-21(23)15-18(14-20)13-19-9-4-5-12-22-19/h1-5,7-9,12,14,20-21H,6,10-11,13,15-16H2. The second-order valence-electron chi connectivity index (χ2n) is 6.84. The van der Waals surface area contributed by atoms with E-state index in [-0.39, 0.29) is 0 Å². The molecule has 23 heavy (non-hydrogen) atoms. The number of benzene rings is 1. The first-order valence-electron chi connectivity index (χ1n) is 8.77. The Bertz CT molecular complexity index is 663. The van der Waals surface area contributed by atoms with E-state index in [0.717, 1.165) is 13.0 Å². The van der Waals surface area contributed by atoms with Crippen LogP contribution in [0, 0.1) is 0 Å². The third kappa shape index (κ3) is 3.37. The van der Waals surface area contributed by atoms with Gasteiger partial charge < -0.3 is 0 Å². The van der Waals surface area contributed by atoms with Crippen LogP contribution in [0.25, 0.3) is 0 Å². The van der Waals surface area contributed by atoms with Crippen molar-refractivity contribution in [3.05, 3.63) is 77.6 Å². The molecule has 118 valence electrons. The van der Waals surface area contributed by atoms with Gasteiger partial charge in [0.15, 0.2) is 0 Å². The van der Waals surface area contributed by atoms with Crippen LogP contribution in [-0.2, 0) is 13.0 Å². The highest BCUT2D eigenvalue weighted by Crippen LogP contribution is 2.35. The molecule has 0 spiro atoms. The molecular formula is C21H24N2. The first-order chi connectivity index (χ1) is 11.4. The van der Waals surface area contributed by atoms with Gasteiger partial charge in [0.1, 0.15) is 0 Å². The first-order valence-corrected chi connectivity index (χ1v) is 8.77. The molecule has 2 nitrogen and oxygen atoms in total. The number of fused-ring (bicyclic) bond motifs is 2. The van der Waals surface area contributed by atoms with Crippen molar-refractivity contribution in [3.63, 3.8) is 0 Å². The maximum absolute atomic E-state index is 4.50. The molecule has 0 saturated carbocycles. The fourth-order valence-corrected chi connectivity index (χ4v) is 4.11. The molecule has 1 aromatic heterocycles. The van der Waals surface area contributed by atoms with Crippen molar-refractivity contribution in [1.82, 2.24) is 9.88 Å². The SMILES string of the molecule is C1=C(Cc2ccccn2)CC2CCCC1N2Cc1ccccc1. The van der Waals surface area contributed by atoms with Gasteiger partial charge in [0.25, 0.3) is 0 Å². The molecule has 2 aliphatic heterocycles. The van der Waals surface area contributed by atoms with Crippen LogP contribution in [0.3, 0.4) is 0 Å². The number of piperidine rings is 1. The molecule has 2 aromatic rings. The molecule has 2 unspecified atom stereocenters. The maximum atomic E-state index is 4.50. The van der Waals surface area contributed by atoms with Crippen molar-refractivity contribution in [2.45, 2.75) is 50.7 Å². The van der Waals surface area contributed by atoms with Crippen LogP contribution in [0.4, 0.5) is 0 Å². The number of pyridine rings is 1. The molecule has 2 heteroatoms. The van der Waals surface area contributed by atoms with Gasteiger partial charge >= 0.3 is 0 Å². The molecule has 2 atom stereocenters. The van der Waals surface area contributed by atoms with Crippen molar-refractivity contribution in [2.24, 2.45) is 0 Å². The molecule has 0 aliphatic carbocycles. The van der Waals surface area contributed by atoms with Gasteiger partial charge in [-0.15, -0.1) is 0 Å². The largest absolute Gasteiger partial charge is 0.289 e. The Labute approximate surface area is 138 Å². The zero-order chi connectivity index (χ0) is 15.5. The topological polar surface area (TPSA) is 16.1 Å². The lowest BCUT2D eigenvalue weighted by atomic mass is 9.83. The Hall–Kier alpha value is -1.93. The third-order valence-corrected chi connectivity index (χ3v) is 5.20. The van der Waals surface area contributed by atoms with Gasteiger partial charge in [-0.3, -0.25) is 9.88 Å². The lowest BCUT2D eigenvalue weighted by Crippen LogP contribution is -2.48.